The van der Waals surface area contributed by atoms with Gasteiger partial charge in [0.05, 0.1) is 6.54 Å². The van der Waals surface area contributed by atoms with Crippen molar-refractivity contribution < 1.29 is 24.3 Å². The van der Waals surface area contributed by atoms with Crippen molar-refractivity contribution in [2.45, 2.75) is 38.6 Å². The lowest BCUT2D eigenvalue weighted by Crippen LogP contribution is -2.61. The van der Waals surface area contributed by atoms with Gasteiger partial charge in [0.15, 0.2) is 11.7 Å². The summed E-state index contributed by atoms with van der Waals surface area (Å²) in [6.45, 7) is -0.0782. The summed E-state index contributed by atoms with van der Waals surface area (Å²) >= 11 is 1.47. The summed E-state index contributed by atoms with van der Waals surface area (Å²) in [6, 6.07) is 9.73. The van der Waals surface area contributed by atoms with E-state index in [1.54, 1.807) is 11.1 Å². The van der Waals surface area contributed by atoms with Crippen LogP contribution in [0, 0.1) is 11.3 Å². The van der Waals surface area contributed by atoms with Gasteiger partial charge in [0.25, 0.3) is 0 Å². The van der Waals surface area contributed by atoms with Crippen LogP contribution < -0.4 is 5.32 Å². The number of likely N-dealkylation sites (tertiary alicyclic amines) is 1. The number of thiazole rings is 1. The van der Waals surface area contributed by atoms with Gasteiger partial charge in [0, 0.05) is 28.6 Å². The van der Waals surface area contributed by atoms with Gasteiger partial charge in [-0.2, -0.15) is 0 Å². The Hall–Kier alpha value is -3.07. The maximum atomic E-state index is 13.3. The molecule has 1 aromatic heterocycles. The standard InChI is InChI=1S/C23H25N3O5S/c27-17(28)12-24-20(30)18-19(29)23(9-5-2-6-10-23)14-26(22(18)31)13-16-11-25-21(32-16)15-7-3-1-4-8-15/h1,3-4,7-8,11,18H,2,5-6,9-10,12-14H2,(H,24,30)(H,27,28). The number of piperidine rings is 1. The Bertz CT molecular complexity index is 1030. The largest absolute Gasteiger partial charge is 0.480 e. The Labute approximate surface area is 189 Å². The molecular formula is C23H25N3O5S. The number of ketones is 1. The molecule has 8 nitrogen and oxygen atoms in total. The molecule has 2 amide bonds. The average Bonchev–Trinajstić information content (AvgIpc) is 3.26. The number of amides is 2. The number of carbonyl (C=O) groups excluding carboxylic acids is 3. The number of Topliss-reactive ketones (excluding diaryl/α,β-unsaturated/α-hetero) is 1. The van der Waals surface area contributed by atoms with E-state index < -0.39 is 35.7 Å². The maximum Gasteiger partial charge on any atom is 0.322 e. The zero-order valence-corrected chi connectivity index (χ0v) is 18.4. The molecule has 168 valence electrons. The highest BCUT2D eigenvalue weighted by Crippen LogP contribution is 2.43. The quantitative estimate of drug-likeness (QED) is 0.647. The molecule has 4 rings (SSSR count). The van der Waals surface area contributed by atoms with Crippen LogP contribution in [0.1, 0.15) is 37.0 Å². The number of carbonyl (C=O) groups is 4. The molecule has 2 fully saturated rings. The van der Waals surface area contributed by atoms with Crippen LogP contribution in [0.3, 0.4) is 0 Å². The normalized spacial score (nSPS) is 20.4. The van der Waals surface area contributed by atoms with Crippen molar-refractivity contribution in [2.75, 3.05) is 13.1 Å². The van der Waals surface area contributed by atoms with Gasteiger partial charge in [-0.1, -0.05) is 49.6 Å². The molecule has 2 aromatic rings. The first-order valence-electron chi connectivity index (χ1n) is 10.7. The minimum Gasteiger partial charge on any atom is -0.480 e. The number of aromatic nitrogens is 1. The first-order valence-corrected chi connectivity index (χ1v) is 11.5. The topological polar surface area (TPSA) is 117 Å². The molecule has 1 aromatic carbocycles. The number of aliphatic carboxylic acids is 1. The molecule has 1 aliphatic carbocycles. The molecule has 1 saturated carbocycles. The lowest BCUT2D eigenvalue weighted by molar-refractivity contribution is -0.161. The lowest BCUT2D eigenvalue weighted by Gasteiger charge is -2.45. The number of nitrogens with one attached hydrogen (secondary N) is 1. The van der Waals surface area contributed by atoms with Crippen LogP contribution in [-0.4, -0.2) is 51.6 Å². The van der Waals surface area contributed by atoms with Crippen molar-refractivity contribution in [3.8, 4) is 10.6 Å². The van der Waals surface area contributed by atoms with Crippen molar-refractivity contribution in [2.24, 2.45) is 11.3 Å². The van der Waals surface area contributed by atoms with Gasteiger partial charge in [-0.05, 0) is 12.8 Å². The summed E-state index contributed by atoms with van der Waals surface area (Å²) < 4.78 is 0. The number of hydrogen-bond acceptors (Lipinski definition) is 6. The van der Waals surface area contributed by atoms with Crippen molar-refractivity contribution in [1.82, 2.24) is 15.2 Å². The summed E-state index contributed by atoms with van der Waals surface area (Å²) in [7, 11) is 0. The van der Waals surface area contributed by atoms with Gasteiger partial charge in [0.1, 0.15) is 11.6 Å². The number of rotatable bonds is 6. The van der Waals surface area contributed by atoms with Crippen molar-refractivity contribution in [3.63, 3.8) is 0 Å². The molecule has 0 radical (unpaired) electrons. The zero-order valence-electron chi connectivity index (χ0n) is 17.6. The SMILES string of the molecule is O=C(O)CNC(=O)C1C(=O)N(Cc2cnc(-c3ccccc3)s2)CC2(CCCCC2)C1=O. The average molecular weight is 456 g/mol. The van der Waals surface area contributed by atoms with Crippen molar-refractivity contribution in [3.05, 3.63) is 41.4 Å². The summed E-state index contributed by atoms with van der Waals surface area (Å²) in [5.41, 5.74) is 0.239. The molecule has 32 heavy (non-hydrogen) atoms. The van der Waals surface area contributed by atoms with Gasteiger partial charge in [0.2, 0.25) is 11.8 Å². The minimum absolute atomic E-state index is 0.265. The third kappa shape index (κ3) is 4.43. The summed E-state index contributed by atoms with van der Waals surface area (Å²) in [5, 5.41) is 11.9. The summed E-state index contributed by atoms with van der Waals surface area (Å²) in [5.74, 6) is -4.48. The summed E-state index contributed by atoms with van der Waals surface area (Å²) in [6.07, 6.45) is 5.76. The zero-order chi connectivity index (χ0) is 22.7. The van der Waals surface area contributed by atoms with E-state index in [4.69, 9.17) is 5.11 Å². The van der Waals surface area contributed by atoms with E-state index in [1.165, 1.54) is 11.3 Å². The fraction of sp³-hybridized carbons (Fsp3) is 0.435. The molecule has 2 N–H and O–H groups in total. The van der Waals surface area contributed by atoms with E-state index in [0.717, 1.165) is 34.7 Å². The molecule has 2 heterocycles. The number of benzene rings is 1. The van der Waals surface area contributed by atoms with Gasteiger partial charge in [-0.25, -0.2) is 4.98 Å². The van der Waals surface area contributed by atoms with Gasteiger partial charge < -0.3 is 15.3 Å². The Morgan fingerprint density at radius 3 is 2.56 bits per heavy atom. The molecule has 1 saturated heterocycles. The Morgan fingerprint density at radius 1 is 1.16 bits per heavy atom. The second kappa shape index (κ2) is 9.20. The van der Waals surface area contributed by atoms with Crippen LogP contribution >= 0.6 is 11.3 Å². The monoisotopic (exact) mass is 455 g/mol. The van der Waals surface area contributed by atoms with Crippen molar-refractivity contribution in [1.29, 1.82) is 0 Å². The Balaban J connectivity index is 1.58. The van der Waals surface area contributed by atoms with Gasteiger partial charge in [-0.15, -0.1) is 11.3 Å². The second-order valence-corrected chi connectivity index (χ2v) is 9.56. The highest BCUT2D eigenvalue weighted by molar-refractivity contribution is 7.15. The molecule has 9 heteroatoms. The highest BCUT2D eigenvalue weighted by Gasteiger charge is 2.54. The van der Waals surface area contributed by atoms with E-state index in [1.807, 2.05) is 30.3 Å². The van der Waals surface area contributed by atoms with Crippen molar-refractivity contribution >= 4 is 34.9 Å². The second-order valence-electron chi connectivity index (χ2n) is 8.44. The van der Waals surface area contributed by atoms with Crippen LogP contribution in [0.2, 0.25) is 0 Å². The fourth-order valence-electron chi connectivity index (χ4n) is 4.67. The number of nitrogens with zero attached hydrogens (tertiary/aromatic N) is 2. The molecule has 1 atom stereocenters. The van der Waals surface area contributed by atoms with Gasteiger partial charge >= 0.3 is 5.97 Å². The molecular weight excluding hydrogens is 430 g/mol. The first kappa shape index (κ1) is 22.1. The van der Waals surface area contributed by atoms with E-state index in [0.29, 0.717) is 12.8 Å². The molecule has 0 bridgehead atoms. The van der Waals surface area contributed by atoms with E-state index >= 15 is 0 Å². The predicted octanol–water partition coefficient (Wildman–Crippen LogP) is 2.49. The first-order chi connectivity index (χ1) is 15.4. The van der Waals surface area contributed by atoms with E-state index in [9.17, 15) is 19.2 Å². The highest BCUT2D eigenvalue weighted by atomic mass is 32.1. The molecule has 1 spiro atoms. The fourth-order valence-corrected chi connectivity index (χ4v) is 5.60. The third-order valence-electron chi connectivity index (χ3n) is 6.24. The molecule has 1 aliphatic heterocycles. The number of carboxylic acid groups (broad SMARTS) is 1. The minimum atomic E-state index is -1.50. The number of hydrogen-bond donors (Lipinski definition) is 2. The maximum absolute atomic E-state index is 13.3. The predicted molar refractivity (Wildman–Crippen MR) is 118 cm³/mol. The van der Waals surface area contributed by atoms with Crippen LogP contribution in [-0.2, 0) is 25.7 Å². The molecule has 1 unspecified atom stereocenters. The third-order valence-corrected chi connectivity index (χ3v) is 7.28. The van der Waals surface area contributed by atoms with Crippen LogP contribution in [0.15, 0.2) is 36.5 Å². The summed E-state index contributed by atoms with van der Waals surface area (Å²) in [4.78, 5) is 57.0. The van der Waals surface area contributed by atoms with Crippen LogP contribution in [0.25, 0.3) is 10.6 Å². The van der Waals surface area contributed by atoms with Crippen LogP contribution in [0.5, 0.6) is 0 Å². The Morgan fingerprint density at radius 2 is 1.88 bits per heavy atom. The molecule has 2 aliphatic rings. The lowest BCUT2D eigenvalue weighted by atomic mass is 9.65. The number of carboxylic acids is 1. The smallest absolute Gasteiger partial charge is 0.322 e. The Kier molecular flexibility index (Phi) is 6.36. The van der Waals surface area contributed by atoms with Crippen LogP contribution in [0.4, 0.5) is 0 Å². The van der Waals surface area contributed by atoms with Gasteiger partial charge in [-0.3, -0.25) is 19.2 Å². The van der Waals surface area contributed by atoms with E-state index in [-0.39, 0.29) is 18.9 Å². The van der Waals surface area contributed by atoms with E-state index in [2.05, 4.69) is 10.3 Å².